The smallest absolute Gasteiger partial charge is 0.241 e. The minimum absolute atomic E-state index is 0.00616. The Hall–Kier alpha value is -1.59. The Morgan fingerprint density at radius 2 is 1.88 bits per heavy atom. The van der Waals surface area contributed by atoms with Crippen LogP contribution >= 0.6 is 0 Å². The van der Waals surface area contributed by atoms with Gasteiger partial charge in [-0.05, 0) is 24.3 Å². The highest BCUT2D eigenvalue weighted by Crippen LogP contribution is 2.15. The molecule has 0 aliphatic rings. The highest BCUT2D eigenvalue weighted by molar-refractivity contribution is 7.89. The molecule has 7 heteroatoms. The van der Waals surface area contributed by atoms with Gasteiger partial charge < -0.3 is 0 Å². The monoisotopic (exact) mass is 242 g/mol. The summed E-state index contributed by atoms with van der Waals surface area (Å²) < 4.78 is 25.2. The zero-order valence-corrected chi connectivity index (χ0v) is 8.98. The van der Waals surface area contributed by atoms with Crippen LogP contribution in [0.2, 0.25) is 0 Å². The Morgan fingerprint density at radius 1 is 1.31 bits per heavy atom. The Kier molecular flexibility index (Phi) is 3.87. The first-order valence-electron chi connectivity index (χ1n) is 4.18. The van der Waals surface area contributed by atoms with Crippen molar-refractivity contribution in [2.24, 2.45) is 0 Å². The van der Waals surface area contributed by atoms with Crippen LogP contribution in [-0.2, 0) is 10.0 Å². The van der Waals surface area contributed by atoms with Gasteiger partial charge in [0.25, 0.3) is 0 Å². The average Bonchev–Trinajstić information content (AvgIpc) is 2.26. The van der Waals surface area contributed by atoms with Crippen LogP contribution in [0.3, 0.4) is 0 Å². The van der Waals surface area contributed by atoms with E-state index in [4.69, 9.17) is 16.8 Å². The van der Waals surface area contributed by atoms with Crippen molar-refractivity contribution in [3.05, 3.63) is 24.3 Å². The highest BCUT2D eigenvalue weighted by atomic mass is 32.2. The van der Waals surface area contributed by atoms with Gasteiger partial charge in [0, 0.05) is 0 Å². The van der Waals surface area contributed by atoms with Crippen molar-refractivity contribution in [3.8, 4) is 12.3 Å². The number of rotatable bonds is 4. The fourth-order valence-corrected chi connectivity index (χ4v) is 1.91. The number of hydrogen-bond acceptors (Lipinski definition) is 5. The molecule has 0 saturated heterocycles. The van der Waals surface area contributed by atoms with Gasteiger partial charge in [0.15, 0.2) is 0 Å². The molecule has 86 valence electrons. The summed E-state index contributed by atoms with van der Waals surface area (Å²) in [4.78, 5) is -0.00616. The van der Waals surface area contributed by atoms with E-state index < -0.39 is 10.0 Å². The van der Waals surface area contributed by atoms with Crippen LogP contribution in [0.15, 0.2) is 29.2 Å². The molecule has 0 unspecified atom stereocenters. The maximum absolute atomic E-state index is 11.5. The van der Waals surface area contributed by atoms with E-state index in [0.717, 1.165) is 0 Å². The van der Waals surface area contributed by atoms with Gasteiger partial charge in [-0.3, -0.25) is 10.4 Å². The molecular weight excluding hydrogens is 232 g/mol. The van der Waals surface area contributed by atoms with E-state index in [1.165, 1.54) is 24.3 Å². The van der Waals surface area contributed by atoms with Crippen molar-refractivity contribution in [2.75, 3.05) is 11.8 Å². The van der Waals surface area contributed by atoms with E-state index in [9.17, 15) is 8.42 Å². The summed E-state index contributed by atoms with van der Waals surface area (Å²) in [5, 5.41) is 17.2. The Labute approximate surface area is 93.1 Å². The zero-order valence-electron chi connectivity index (χ0n) is 8.16. The molecule has 0 aliphatic carbocycles. The van der Waals surface area contributed by atoms with Crippen LogP contribution in [0, 0.1) is 12.3 Å². The summed E-state index contributed by atoms with van der Waals surface area (Å²) in [6, 6.07) is 4.94. The fourth-order valence-electron chi connectivity index (χ4n) is 0.979. The lowest BCUT2D eigenvalue weighted by molar-refractivity contribution is 0.0291. The predicted octanol–water partition coefficient (Wildman–Crippen LogP) is 0.183. The molecular formula is C9H10N2O4S. The number of sulfonamides is 1. The molecule has 0 saturated carbocycles. The lowest BCUT2D eigenvalue weighted by atomic mass is 10.3. The molecule has 1 aromatic rings. The SMILES string of the molecule is C#CCNS(=O)(=O)c1ccc(N(O)O)cc1. The molecule has 0 bridgehead atoms. The first kappa shape index (κ1) is 12.5. The van der Waals surface area contributed by atoms with E-state index >= 15 is 0 Å². The first-order valence-corrected chi connectivity index (χ1v) is 5.67. The molecule has 1 rings (SSSR count). The van der Waals surface area contributed by atoms with Crippen LogP contribution in [0.4, 0.5) is 5.69 Å². The third-order valence-electron chi connectivity index (χ3n) is 1.74. The van der Waals surface area contributed by atoms with Crippen LogP contribution in [-0.4, -0.2) is 25.4 Å². The summed E-state index contributed by atoms with van der Waals surface area (Å²) in [5.74, 6) is 2.14. The normalized spacial score (nSPS) is 10.8. The van der Waals surface area contributed by atoms with Crippen LogP contribution in [0.25, 0.3) is 0 Å². The van der Waals surface area contributed by atoms with E-state index in [1.54, 1.807) is 0 Å². The van der Waals surface area contributed by atoms with E-state index in [-0.39, 0.29) is 22.4 Å². The van der Waals surface area contributed by atoms with Crippen molar-refractivity contribution in [3.63, 3.8) is 0 Å². The van der Waals surface area contributed by atoms with Crippen molar-refractivity contribution in [1.82, 2.24) is 4.72 Å². The van der Waals surface area contributed by atoms with E-state index in [1.807, 2.05) is 0 Å². The van der Waals surface area contributed by atoms with Gasteiger partial charge in [-0.2, -0.15) is 4.72 Å². The first-order chi connectivity index (χ1) is 7.47. The second kappa shape index (κ2) is 4.96. The second-order valence-electron chi connectivity index (χ2n) is 2.81. The van der Waals surface area contributed by atoms with Crippen LogP contribution in [0.5, 0.6) is 0 Å². The molecule has 3 N–H and O–H groups in total. The summed E-state index contributed by atoms with van der Waals surface area (Å²) in [7, 11) is -3.64. The predicted molar refractivity (Wildman–Crippen MR) is 56.5 cm³/mol. The summed E-state index contributed by atoms with van der Waals surface area (Å²) in [6.45, 7) is -0.101. The Bertz CT molecular complexity index is 487. The largest absolute Gasteiger partial charge is 0.264 e. The van der Waals surface area contributed by atoms with E-state index in [0.29, 0.717) is 0 Å². The van der Waals surface area contributed by atoms with Crippen molar-refractivity contribution in [1.29, 1.82) is 0 Å². The average molecular weight is 242 g/mol. The van der Waals surface area contributed by atoms with Gasteiger partial charge >= 0.3 is 0 Å². The standard InChI is InChI=1S/C9H10N2O4S/c1-2-7-10-16(14,15)9-5-3-8(4-6-9)11(12)13/h1,3-6,10,12-13H,7H2. The van der Waals surface area contributed by atoms with Gasteiger partial charge in [-0.1, -0.05) is 5.92 Å². The number of nitrogens with one attached hydrogen (secondary N) is 1. The molecule has 0 amide bonds. The Balaban J connectivity index is 2.94. The fraction of sp³-hybridized carbons (Fsp3) is 0.111. The topological polar surface area (TPSA) is 89.9 Å². The maximum Gasteiger partial charge on any atom is 0.241 e. The lowest BCUT2D eigenvalue weighted by Crippen LogP contribution is -2.24. The minimum Gasteiger partial charge on any atom is -0.264 e. The molecule has 0 fully saturated rings. The van der Waals surface area contributed by atoms with Crippen molar-refractivity contribution < 1.29 is 18.8 Å². The molecule has 0 radical (unpaired) electrons. The molecule has 0 atom stereocenters. The van der Waals surface area contributed by atoms with Gasteiger partial charge in [0.1, 0.15) is 0 Å². The van der Waals surface area contributed by atoms with Gasteiger partial charge in [0.2, 0.25) is 10.0 Å². The van der Waals surface area contributed by atoms with Crippen LogP contribution < -0.4 is 9.95 Å². The quantitative estimate of drug-likeness (QED) is 0.517. The van der Waals surface area contributed by atoms with Gasteiger partial charge in [-0.15, -0.1) is 11.6 Å². The molecule has 1 aromatic carbocycles. The van der Waals surface area contributed by atoms with Crippen LogP contribution in [0.1, 0.15) is 0 Å². The highest BCUT2D eigenvalue weighted by Gasteiger charge is 2.12. The summed E-state index contributed by atoms with van der Waals surface area (Å²) in [6.07, 6.45) is 4.93. The number of nitrogens with zero attached hydrogens (tertiary/aromatic N) is 1. The zero-order chi connectivity index (χ0) is 12.2. The second-order valence-corrected chi connectivity index (χ2v) is 4.58. The molecule has 16 heavy (non-hydrogen) atoms. The van der Waals surface area contributed by atoms with Crippen molar-refractivity contribution >= 4 is 15.7 Å². The van der Waals surface area contributed by atoms with Gasteiger partial charge in [0.05, 0.1) is 17.1 Å². The van der Waals surface area contributed by atoms with Crippen molar-refractivity contribution in [2.45, 2.75) is 4.90 Å². The Morgan fingerprint density at radius 3 is 2.31 bits per heavy atom. The summed E-state index contributed by atoms with van der Waals surface area (Å²) in [5.41, 5.74) is 0.0518. The van der Waals surface area contributed by atoms with E-state index in [2.05, 4.69) is 10.6 Å². The molecule has 0 aromatic heterocycles. The third-order valence-corrected chi connectivity index (χ3v) is 3.16. The number of benzene rings is 1. The van der Waals surface area contributed by atoms with Gasteiger partial charge in [-0.25, -0.2) is 8.42 Å². The minimum atomic E-state index is -3.64. The number of terminal acetylenes is 1. The maximum atomic E-state index is 11.5. The molecule has 0 aliphatic heterocycles. The molecule has 0 spiro atoms. The number of hydrogen-bond donors (Lipinski definition) is 3. The lowest BCUT2D eigenvalue weighted by Gasteiger charge is -2.08. The molecule has 0 heterocycles. The number of anilines is 1. The summed E-state index contributed by atoms with van der Waals surface area (Å²) >= 11 is 0. The third kappa shape index (κ3) is 2.95. The molecule has 6 nitrogen and oxygen atoms in total.